The zero-order valence-corrected chi connectivity index (χ0v) is 12.9. The van der Waals surface area contributed by atoms with Gasteiger partial charge in [-0.25, -0.2) is 0 Å². The summed E-state index contributed by atoms with van der Waals surface area (Å²) in [6, 6.07) is 0. The van der Waals surface area contributed by atoms with Crippen molar-refractivity contribution in [1.29, 1.82) is 0 Å². The molecule has 2 amide bonds. The van der Waals surface area contributed by atoms with Crippen LogP contribution in [0.2, 0.25) is 0 Å². The summed E-state index contributed by atoms with van der Waals surface area (Å²) in [7, 11) is 0. The van der Waals surface area contributed by atoms with E-state index in [1.54, 1.807) is 0 Å². The van der Waals surface area contributed by atoms with E-state index in [9.17, 15) is 9.59 Å². The molecule has 0 aromatic carbocycles. The summed E-state index contributed by atoms with van der Waals surface area (Å²) in [5, 5.41) is 2.69. The molecule has 1 heterocycles. The van der Waals surface area contributed by atoms with E-state index in [0.717, 1.165) is 25.9 Å². The molecule has 1 fully saturated rings. The first kappa shape index (κ1) is 18.2. The summed E-state index contributed by atoms with van der Waals surface area (Å²) >= 11 is 0. The highest BCUT2D eigenvalue weighted by molar-refractivity contribution is 5.87. The van der Waals surface area contributed by atoms with E-state index in [4.69, 9.17) is 5.73 Å². The summed E-state index contributed by atoms with van der Waals surface area (Å²) in [4.78, 5) is 25.4. The number of nitrogens with two attached hydrogens (primary N) is 1. The molecule has 19 heavy (non-hydrogen) atoms. The third kappa shape index (κ3) is 5.78. The normalized spacial score (nSPS) is 16.7. The van der Waals surface area contributed by atoms with E-state index in [-0.39, 0.29) is 30.8 Å². The molecule has 3 N–H and O–H groups in total. The minimum absolute atomic E-state index is 0. The highest BCUT2D eigenvalue weighted by Crippen LogP contribution is 2.16. The highest BCUT2D eigenvalue weighted by atomic mass is 35.5. The Balaban J connectivity index is 0.00000324. The van der Waals surface area contributed by atoms with Crippen molar-refractivity contribution in [2.75, 3.05) is 26.2 Å². The van der Waals surface area contributed by atoms with E-state index < -0.39 is 5.41 Å². The number of piperidine rings is 1. The van der Waals surface area contributed by atoms with E-state index >= 15 is 0 Å². The lowest BCUT2D eigenvalue weighted by Gasteiger charge is -2.31. The molecule has 0 aromatic rings. The molecule has 0 atom stereocenters. The Morgan fingerprint density at radius 2 is 1.79 bits per heavy atom. The van der Waals surface area contributed by atoms with Crippen LogP contribution in [-0.2, 0) is 9.59 Å². The van der Waals surface area contributed by atoms with Gasteiger partial charge in [0.2, 0.25) is 11.8 Å². The second-order valence-electron chi connectivity index (χ2n) is 5.99. The Morgan fingerprint density at radius 1 is 1.26 bits per heavy atom. The molecular formula is C13H26ClN3O2. The predicted octanol–water partition coefficient (Wildman–Crippen LogP) is 0.768. The lowest BCUT2D eigenvalue weighted by Crippen LogP contribution is -2.46. The van der Waals surface area contributed by atoms with Crippen LogP contribution in [0.25, 0.3) is 0 Å². The second-order valence-corrected chi connectivity index (χ2v) is 5.99. The van der Waals surface area contributed by atoms with Gasteiger partial charge in [-0.3, -0.25) is 9.59 Å². The molecule has 1 rings (SSSR count). The van der Waals surface area contributed by atoms with Crippen LogP contribution in [0.15, 0.2) is 0 Å². The van der Waals surface area contributed by atoms with Crippen molar-refractivity contribution in [2.24, 2.45) is 17.1 Å². The number of hydrogen-bond acceptors (Lipinski definition) is 3. The van der Waals surface area contributed by atoms with Gasteiger partial charge in [-0.2, -0.15) is 0 Å². The molecule has 1 saturated heterocycles. The van der Waals surface area contributed by atoms with Gasteiger partial charge in [0.1, 0.15) is 0 Å². The van der Waals surface area contributed by atoms with Gasteiger partial charge in [0.25, 0.3) is 0 Å². The number of carbonyl (C=O) groups excluding carboxylic acids is 2. The SMILES string of the molecule is CC(C)(C)C(=O)NCC(=O)N1CCC(CN)CC1.Cl. The van der Waals surface area contributed by atoms with Gasteiger partial charge in [-0.05, 0) is 25.3 Å². The molecule has 0 aliphatic carbocycles. The zero-order valence-electron chi connectivity index (χ0n) is 12.1. The summed E-state index contributed by atoms with van der Waals surface area (Å²) in [6.07, 6.45) is 1.94. The molecule has 6 heteroatoms. The number of halogens is 1. The van der Waals surface area contributed by atoms with Crippen LogP contribution in [0.4, 0.5) is 0 Å². The number of nitrogens with one attached hydrogen (secondary N) is 1. The Labute approximate surface area is 121 Å². The average Bonchev–Trinajstić information content (AvgIpc) is 2.34. The van der Waals surface area contributed by atoms with Gasteiger partial charge in [0, 0.05) is 18.5 Å². The Bertz CT molecular complexity index is 308. The number of hydrogen-bond donors (Lipinski definition) is 2. The van der Waals surface area contributed by atoms with Gasteiger partial charge in [0.05, 0.1) is 6.54 Å². The Hall–Kier alpha value is -0.810. The molecule has 0 bridgehead atoms. The van der Waals surface area contributed by atoms with Crippen LogP contribution in [0.1, 0.15) is 33.6 Å². The fourth-order valence-electron chi connectivity index (χ4n) is 1.95. The molecule has 1 aliphatic heterocycles. The minimum Gasteiger partial charge on any atom is -0.347 e. The van der Waals surface area contributed by atoms with Gasteiger partial charge in [-0.1, -0.05) is 20.8 Å². The van der Waals surface area contributed by atoms with Crippen molar-refractivity contribution in [2.45, 2.75) is 33.6 Å². The molecule has 0 saturated carbocycles. The Morgan fingerprint density at radius 3 is 2.21 bits per heavy atom. The molecule has 0 unspecified atom stereocenters. The molecular weight excluding hydrogens is 266 g/mol. The van der Waals surface area contributed by atoms with Crippen molar-refractivity contribution in [1.82, 2.24) is 10.2 Å². The summed E-state index contributed by atoms with van der Waals surface area (Å²) in [5.41, 5.74) is 5.16. The number of likely N-dealkylation sites (tertiary alicyclic amines) is 1. The third-order valence-corrected chi connectivity index (χ3v) is 3.38. The van der Waals surface area contributed by atoms with Gasteiger partial charge in [0.15, 0.2) is 0 Å². The average molecular weight is 292 g/mol. The summed E-state index contributed by atoms with van der Waals surface area (Å²) < 4.78 is 0. The highest BCUT2D eigenvalue weighted by Gasteiger charge is 2.24. The molecule has 0 spiro atoms. The maximum Gasteiger partial charge on any atom is 0.241 e. The fraction of sp³-hybridized carbons (Fsp3) is 0.846. The lowest BCUT2D eigenvalue weighted by atomic mass is 9.95. The van der Waals surface area contributed by atoms with Gasteiger partial charge >= 0.3 is 0 Å². The minimum atomic E-state index is -0.452. The van der Waals surface area contributed by atoms with Gasteiger partial charge < -0.3 is 16.0 Å². The first-order valence-electron chi connectivity index (χ1n) is 6.60. The number of rotatable bonds is 3. The summed E-state index contributed by atoms with van der Waals surface area (Å²) in [6.45, 7) is 7.81. The van der Waals surface area contributed by atoms with Crippen molar-refractivity contribution in [3.05, 3.63) is 0 Å². The van der Waals surface area contributed by atoms with E-state index in [2.05, 4.69) is 5.32 Å². The van der Waals surface area contributed by atoms with Gasteiger partial charge in [-0.15, -0.1) is 12.4 Å². The number of nitrogens with zero attached hydrogens (tertiary/aromatic N) is 1. The van der Waals surface area contributed by atoms with Crippen LogP contribution in [0.5, 0.6) is 0 Å². The van der Waals surface area contributed by atoms with Crippen molar-refractivity contribution in [3.63, 3.8) is 0 Å². The lowest BCUT2D eigenvalue weighted by molar-refractivity contribution is -0.136. The van der Waals surface area contributed by atoms with Crippen LogP contribution in [0.3, 0.4) is 0 Å². The monoisotopic (exact) mass is 291 g/mol. The molecule has 0 aromatic heterocycles. The Kier molecular flexibility index (Phi) is 7.37. The van der Waals surface area contributed by atoms with Crippen molar-refractivity contribution >= 4 is 24.2 Å². The molecule has 0 radical (unpaired) electrons. The summed E-state index contributed by atoms with van der Waals surface area (Å²) in [5.74, 6) is 0.453. The smallest absolute Gasteiger partial charge is 0.241 e. The van der Waals surface area contributed by atoms with Crippen molar-refractivity contribution in [3.8, 4) is 0 Å². The second kappa shape index (κ2) is 7.70. The first-order chi connectivity index (χ1) is 8.34. The number of carbonyl (C=O) groups is 2. The molecule has 112 valence electrons. The van der Waals surface area contributed by atoms with Crippen LogP contribution >= 0.6 is 12.4 Å². The molecule has 5 nitrogen and oxygen atoms in total. The number of amides is 2. The maximum atomic E-state index is 11.9. The predicted molar refractivity (Wildman–Crippen MR) is 78.1 cm³/mol. The van der Waals surface area contributed by atoms with E-state index in [0.29, 0.717) is 12.5 Å². The topological polar surface area (TPSA) is 75.4 Å². The maximum absolute atomic E-state index is 11.9. The molecule has 1 aliphatic rings. The van der Waals surface area contributed by atoms with Crippen LogP contribution in [0, 0.1) is 11.3 Å². The quantitative estimate of drug-likeness (QED) is 0.806. The third-order valence-electron chi connectivity index (χ3n) is 3.38. The van der Waals surface area contributed by atoms with Crippen LogP contribution < -0.4 is 11.1 Å². The first-order valence-corrected chi connectivity index (χ1v) is 6.60. The van der Waals surface area contributed by atoms with Crippen molar-refractivity contribution < 1.29 is 9.59 Å². The fourth-order valence-corrected chi connectivity index (χ4v) is 1.95. The van der Waals surface area contributed by atoms with Crippen LogP contribution in [-0.4, -0.2) is 42.9 Å². The largest absolute Gasteiger partial charge is 0.347 e. The zero-order chi connectivity index (χ0) is 13.8. The van der Waals surface area contributed by atoms with E-state index in [1.165, 1.54) is 0 Å². The standard InChI is InChI=1S/C13H25N3O2.ClH/c1-13(2,3)12(18)15-9-11(17)16-6-4-10(8-14)5-7-16;/h10H,4-9,14H2,1-3H3,(H,15,18);1H. The van der Waals surface area contributed by atoms with E-state index in [1.807, 2.05) is 25.7 Å².